The Morgan fingerprint density at radius 1 is 1.00 bits per heavy atom. The third-order valence-corrected chi connectivity index (χ3v) is 5.90. The molecular weight excluding hydrogens is 412 g/mol. The third kappa shape index (κ3) is 4.30. The number of aromatic nitrogens is 1. The molecule has 0 saturated carbocycles. The zero-order valence-electron chi connectivity index (χ0n) is 18.5. The van der Waals surface area contributed by atoms with Crippen LogP contribution >= 0.6 is 0 Å². The van der Waals surface area contributed by atoms with Gasteiger partial charge < -0.3 is 9.26 Å². The summed E-state index contributed by atoms with van der Waals surface area (Å²) in [6.07, 6.45) is 4.39. The molecule has 1 heterocycles. The van der Waals surface area contributed by atoms with E-state index in [1.807, 2.05) is 49.4 Å². The predicted molar refractivity (Wildman–Crippen MR) is 130 cm³/mol. The third-order valence-electron chi connectivity index (χ3n) is 5.90. The summed E-state index contributed by atoms with van der Waals surface area (Å²) in [6, 6.07) is 24.2. The quantitative estimate of drug-likeness (QED) is 0.359. The van der Waals surface area contributed by atoms with Gasteiger partial charge in [0.1, 0.15) is 17.5 Å². The number of amides is 1. The highest BCUT2D eigenvalue weighted by molar-refractivity contribution is 5.91. The molecule has 1 aliphatic carbocycles. The van der Waals surface area contributed by atoms with Crippen LogP contribution in [0.2, 0.25) is 0 Å². The predicted octanol–water partition coefficient (Wildman–Crippen LogP) is 7.20. The number of carbonyl (C=O) groups excluding carboxylic acids is 1. The van der Waals surface area contributed by atoms with Gasteiger partial charge in [0.25, 0.3) is 0 Å². The van der Waals surface area contributed by atoms with E-state index in [0.29, 0.717) is 17.1 Å². The fourth-order valence-electron chi connectivity index (χ4n) is 4.05. The molecular formula is C28H24N2O3. The lowest BCUT2D eigenvalue weighted by Crippen LogP contribution is -2.16. The minimum absolute atomic E-state index is 0.378. The summed E-state index contributed by atoms with van der Waals surface area (Å²) in [5.74, 6) is 0.501. The van der Waals surface area contributed by atoms with Gasteiger partial charge >= 0.3 is 6.09 Å². The summed E-state index contributed by atoms with van der Waals surface area (Å²) >= 11 is 0. The lowest BCUT2D eigenvalue weighted by atomic mass is 9.99. The van der Waals surface area contributed by atoms with Gasteiger partial charge in [-0.1, -0.05) is 90.1 Å². The van der Waals surface area contributed by atoms with Crippen LogP contribution in [-0.2, 0) is 11.2 Å². The number of hydrogen-bond acceptors (Lipinski definition) is 4. The fourth-order valence-corrected chi connectivity index (χ4v) is 4.05. The van der Waals surface area contributed by atoms with Crippen molar-refractivity contribution in [3.8, 4) is 22.5 Å². The van der Waals surface area contributed by atoms with Crippen molar-refractivity contribution < 1.29 is 14.1 Å². The molecule has 1 atom stereocenters. The van der Waals surface area contributed by atoms with Crippen LogP contribution in [0.1, 0.15) is 35.4 Å². The minimum atomic E-state index is -0.553. The SMILES string of the molecule is Cc1noc(-c2ccc(-c3ccc4c(c3)CC=C4)cc2)c1NC(=O)OC(C)c1ccccc1. The molecule has 1 unspecified atom stereocenters. The van der Waals surface area contributed by atoms with Gasteiger partial charge in [-0.15, -0.1) is 0 Å². The number of carbonyl (C=O) groups is 1. The number of aryl methyl sites for hydroxylation is 1. The highest BCUT2D eigenvalue weighted by atomic mass is 16.6. The normalized spacial score (nSPS) is 12.9. The largest absolute Gasteiger partial charge is 0.441 e. The van der Waals surface area contributed by atoms with Crippen molar-refractivity contribution in [2.75, 3.05) is 5.32 Å². The van der Waals surface area contributed by atoms with Crippen LogP contribution < -0.4 is 5.32 Å². The number of fused-ring (bicyclic) bond motifs is 1. The Morgan fingerprint density at radius 3 is 2.52 bits per heavy atom. The highest BCUT2D eigenvalue weighted by Gasteiger charge is 2.20. The molecule has 5 rings (SSSR count). The summed E-state index contributed by atoms with van der Waals surface area (Å²) < 4.78 is 11.1. The van der Waals surface area contributed by atoms with Gasteiger partial charge in [-0.2, -0.15) is 0 Å². The van der Waals surface area contributed by atoms with Crippen LogP contribution in [0.5, 0.6) is 0 Å². The highest BCUT2D eigenvalue weighted by Crippen LogP contribution is 2.33. The van der Waals surface area contributed by atoms with Crippen molar-refractivity contribution in [1.82, 2.24) is 5.16 Å². The van der Waals surface area contributed by atoms with Crippen LogP contribution in [0.15, 0.2) is 83.4 Å². The van der Waals surface area contributed by atoms with E-state index in [4.69, 9.17) is 9.26 Å². The summed E-state index contributed by atoms with van der Waals surface area (Å²) in [4.78, 5) is 12.6. The molecule has 0 saturated heterocycles. The van der Waals surface area contributed by atoms with Gasteiger partial charge in [0.15, 0.2) is 5.76 Å². The number of nitrogens with zero attached hydrogens (tertiary/aromatic N) is 1. The van der Waals surface area contributed by atoms with Crippen molar-refractivity contribution in [3.05, 3.63) is 101 Å². The van der Waals surface area contributed by atoms with Crippen LogP contribution in [0.3, 0.4) is 0 Å². The number of hydrogen-bond donors (Lipinski definition) is 1. The molecule has 1 aromatic heterocycles. The van der Waals surface area contributed by atoms with E-state index in [1.54, 1.807) is 6.92 Å². The van der Waals surface area contributed by atoms with Crippen LogP contribution in [0.4, 0.5) is 10.5 Å². The zero-order valence-corrected chi connectivity index (χ0v) is 18.5. The van der Waals surface area contributed by atoms with Crippen LogP contribution in [0.25, 0.3) is 28.5 Å². The molecule has 1 N–H and O–H groups in total. The van der Waals surface area contributed by atoms with Gasteiger partial charge in [0, 0.05) is 5.56 Å². The fraction of sp³-hybridized carbons (Fsp3) is 0.143. The second kappa shape index (κ2) is 8.79. The second-order valence-corrected chi connectivity index (χ2v) is 8.15. The van der Waals surface area contributed by atoms with E-state index in [9.17, 15) is 4.79 Å². The molecule has 0 spiro atoms. The number of ether oxygens (including phenoxy) is 1. The number of rotatable bonds is 5. The smallest absolute Gasteiger partial charge is 0.412 e. The van der Waals surface area contributed by atoms with Gasteiger partial charge in [0.05, 0.1) is 0 Å². The topological polar surface area (TPSA) is 64.4 Å². The molecule has 1 aliphatic rings. The first-order chi connectivity index (χ1) is 16.1. The average molecular weight is 437 g/mol. The molecule has 1 amide bonds. The van der Waals surface area contributed by atoms with Gasteiger partial charge in [-0.05, 0) is 48.1 Å². The number of allylic oxidation sites excluding steroid dienone is 1. The Morgan fingerprint density at radius 2 is 1.73 bits per heavy atom. The molecule has 3 aromatic carbocycles. The van der Waals surface area contributed by atoms with E-state index in [0.717, 1.165) is 23.1 Å². The first-order valence-corrected chi connectivity index (χ1v) is 11.0. The monoisotopic (exact) mass is 436 g/mol. The first-order valence-electron chi connectivity index (χ1n) is 11.0. The summed E-state index contributed by atoms with van der Waals surface area (Å²) in [5.41, 5.74) is 7.78. The van der Waals surface area contributed by atoms with Crippen molar-refractivity contribution in [2.24, 2.45) is 0 Å². The molecule has 4 aromatic rings. The molecule has 0 fully saturated rings. The van der Waals surface area contributed by atoms with Crippen molar-refractivity contribution in [1.29, 1.82) is 0 Å². The number of nitrogens with one attached hydrogen (secondary N) is 1. The minimum Gasteiger partial charge on any atom is -0.441 e. The summed E-state index contributed by atoms with van der Waals surface area (Å²) in [7, 11) is 0. The zero-order chi connectivity index (χ0) is 22.8. The first kappa shape index (κ1) is 20.8. The van der Waals surface area contributed by atoms with Crippen molar-refractivity contribution >= 4 is 17.9 Å². The van der Waals surface area contributed by atoms with Crippen molar-refractivity contribution in [2.45, 2.75) is 26.4 Å². The summed E-state index contributed by atoms with van der Waals surface area (Å²) in [6.45, 7) is 3.63. The molecule has 33 heavy (non-hydrogen) atoms. The number of anilines is 1. The maximum Gasteiger partial charge on any atom is 0.412 e. The molecule has 5 heteroatoms. The molecule has 164 valence electrons. The van der Waals surface area contributed by atoms with Gasteiger partial charge in [0.2, 0.25) is 0 Å². The maximum absolute atomic E-state index is 12.6. The van der Waals surface area contributed by atoms with Crippen LogP contribution in [-0.4, -0.2) is 11.2 Å². The standard InChI is InChI=1S/C28H24N2O3/c1-18-26(29-28(31)32-19(2)20-7-4-3-5-8-20)27(33-30-18)23-14-11-22(12-15-23)25-16-13-21-9-6-10-24(21)17-25/h3-9,11-17,19H,10H2,1-2H3,(H,29,31). The molecule has 0 radical (unpaired) electrons. The Kier molecular flexibility index (Phi) is 5.53. The lowest BCUT2D eigenvalue weighted by molar-refractivity contribution is 0.121. The maximum atomic E-state index is 12.6. The van der Waals surface area contributed by atoms with Crippen molar-refractivity contribution in [3.63, 3.8) is 0 Å². The Balaban J connectivity index is 1.33. The van der Waals surface area contributed by atoms with Crippen LogP contribution in [0, 0.1) is 6.92 Å². The Bertz CT molecular complexity index is 1320. The van der Waals surface area contributed by atoms with E-state index < -0.39 is 6.09 Å². The van der Waals surface area contributed by atoms with E-state index in [2.05, 4.69) is 53.0 Å². The van der Waals surface area contributed by atoms with E-state index >= 15 is 0 Å². The number of benzene rings is 3. The van der Waals surface area contributed by atoms with E-state index in [-0.39, 0.29) is 6.10 Å². The molecule has 0 aliphatic heterocycles. The van der Waals surface area contributed by atoms with E-state index in [1.165, 1.54) is 16.7 Å². The van der Waals surface area contributed by atoms with Gasteiger partial charge in [-0.3, -0.25) is 5.32 Å². The Hall–Kier alpha value is -4.12. The average Bonchev–Trinajstić information content (AvgIpc) is 3.46. The molecule has 5 nitrogen and oxygen atoms in total. The lowest BCUT2D eigenvalue weighted by Gasteiger charge is -2.14. The van der Waals surface area contributed by atoms with Gasteiger partial charge in [-0.25, -0.2) is 4.79 Å². The second-order valence-electron chi connectivity index (χ2n) is 8.15. The Labute approximate surface area is 192 Å². The molecule has 0 bridgehead atoms. The summed E-state index contributed by atoms with van der Waals surface area (Å²) in [5, 5.41) is 6.86.